The van der Waals surface area contributed by atoms with Crippen LogP contribution in [0.3, 0.4) is 0 Å². The van der Waals surface area contributed by atoms with Crippen LogP contribution < -0.4 is 0 Å². The lowest BCUT2D eigenvalue weighted by Gasteiger charge is -2.17. The maximum absolute atomic E-state index is 9.42. The average molecular weight is 337 g/mol. The highest BCUT2D eigenvalue weighted by Crippen LogP contribution is 2.52. The monoisotopic (exact) mass is 337 g/mol. The highest BCUT2D eigenvalue weighted by Gasteiger charge is 2.45. The van der Waals surface area contributed by atoms with Crippen molar-refractivity contribution in [3.05, 3.63) is 60.2 Å². The smallest absolute Gasteiger partial charge is 0.167 e. The highest BCUT2D eigenvalue weighted by molar-refractivity contribution is 7.98. The van der Waals surface area contributed by atoms with Gasteiger partial charge in [0.2, 0.25) is 0 Å². The normalized spacial score (nSPS) is 15.4. The summed E-state index contributed by atoms with van der Waals surface area (Å²) in [6.45, 7) is 0. The quantitative estimate of drug-likeness (QED) is 0.703. The number of phenols is 1. The molecule has 4 rings (SSSR count). The Hall–Kier alpha value is -2.20. The molecule has 1 aromatic heterocycles. The Labute approximate surface area is 145 Å². The number of rotatable bonds is 5. The van der Waals surface area contributed by atoms with Gasteiger partial charge in [0.15, 0.2) is 5.76 Å². The lowest BCUT2D eigenvalue weighted by atomic mass is 9.91. The van der Waals surface area contributed by atoms with Crippen LogP contribution in [-0.4, -0.2) is 22.3 Å². The number of benzene rings is 2. The fourth-order valence-corrected chi connectivity index (χ4v) is 4.25. The highest BCUT2D eigenvalue weighted by atomic mass is 32.2. The van der Waals surface area contributed by atoms with Gasteiger partial charge in [0.05, 0.1) is 0 Å². The Morgan fingerprint density at radius 3 is 2.58 bits per heavy atom. The molecule has 1 N–H and O–H groups in total. The number of nitrogens with zero attached hydrogens (tertiary/aromatic N) is 1. The molecular formula is C20H19NO2S. The van der Waals surface area contributed by atoms with Gasteiger partial charge < -0.3 is 9.63 Å². The summed E-state index contributed by atoms with van der Waals surface area (Å²) in [5, 5.41) is 13.6. The first-order chi connectivity index (χ1) is 11.7. The van der Waals surface area contributed by atoms with Crippen LogP contribution >= 0.6 is 11.8 Å². The van der Waals surface area contributed by atoms with Crippen molar-refractivity contribution < 1.29 is 9.63 Å². The third-order valence-corrected chi connectivity index (χ3v) is 5.55. The summed E-state index contributed by atoms with van der Waals surface area (Å²) in [6, 6.07) is 17.5. The first-order valence-corrected chi connectivity index (χ1v) is 9.46. The minimum Gasteiger partial charge on any atom is -0.508 e. The van der Waals surface area contributed by atoms with Gasteiger partial charge in [-0.3, -0.25) is 0 Å². The second kappa shape index (κ2) is 6.02. The van der Waals surface area contributed by atoms with Gasteiger partial charge in [-0.25, -0.2) is 0 Å². The molecule has 1 saturated carbocycles. The summed E-state index contributed by atoms with van der Waals surface area (Å²) >= 11 is 1.90. The molecule has 3 aromatic rings. The summed E-state index contributed by atoms with van der Waals surface area (Å²) in [5.41, 5.74) is 4.52. The SMILES string of the molecule is CSCC1(c2ccccc2-c2cc(-c3ccc(O)cc3)no2)CC1. The van der Waals surface area contributed by atoms with E-state index in [0.717, 1.165) is 28.3 Å². The minimum absolute atomic E-state index is 0.251. The van der Waals surface area contributed by atoms with Gasteiger partial charge >= 0.3 is 0 Å². The van der Waals surface area contributed by atoms with Gasteiger partial charge in [0.1, 0.15) is 11.4 Å². The molecule has 1 fully saturated rings. The van der Waals surface area contributed by atoms with Crippen molar-refractivity contribution in [3.8, 4) is 28.3 Å². The molecule has 0 atom stereocenters. The maximum atomic E-state index is 9.42. The molecule has 2 aromatic carbocycles. The zero-order valence-corrected chi connectivity index (χ0v) is 14.3. The van der Waals surface area contributed by atoms with Crippen LogP contribution in [0.5, 0.6) is 5.75 Å². The molecule has 0 unspecified atom stereocenters. The van der Waals surface area contributed by atoms with E-state index in [4.69, 9.17) is 4.52 Å². The van der Waals surface area contributed by atoms with E-state index in [1.54, 1.807) is 12.1 Å². The average Bonchev–Trinajstić information content (AvgIpc) is 3.22. The van der Waals surface area contributed by atoms with Crippen molar-refractivity contribution in [1.82, 2.24) is 5.16 Å². The molecule has 0 saturated heterocycles. The molecular weight excluding hydrogens is 318 g/mol. The van der Waals surface area contributed by atoms with Crippen molar-refractivity contribution in [1.29, 1.82) is 0 Å². The van der Waals surface area contributed by atoms with Crippen LogP contribution in [0.15, 0.2) is 59.1 Å². The van der Waals surface area contributed by atoms with E-state index in [1.807, 2.05) is 30.0 Å². The van der Waals surface area contributed by atoms with Crippen LogP contribution in [0, 0.1) is 0 Å². The summed E-state index contributed by atoms with van der Waals surface area (Å²) in [4.78, 5) is 0. The molecule has 4 heteroatoms. The molecule has 1 heterocycles. The zero-order chi connectivity index (χ0) is 16.6. The summed E-state index contributed by atoms with van der Waals surface area (Å²) in [5.74, 6) is 2.20. The predicted molar refractivity (Wildman–Crippen MR) is 98.3 cm³/mol. The minimum atomic E-state index is 0.251. The molecule has 0 bridgehead atoms. The van der Waals surface area contributed by atoms with Crippen molar-refractivity contribution in [2.75, 3.05) is 12.0 Å². The standard InChI is InChI=1S/C20H19NO2S/c1-24-13-20(10-11-20)17-5-3-2-4-16(17)19-12-18(21-23-19)14-6-8-15(22)9-7-14/h2-9,12,22H,10-11,13H2,1H3. The largest absolute Gasteiger partial charge is 0.508 e. The molecule has 122 valence electrons. The Kier molecular flexibility index (Phi) is 3.85. The van der Waals surface area contributed by atoms with Gasteiger partial charge in [-0.05, 0) is 48.9 Å². The molecule has 24 heavy (non-hydrogen) atoms. The fraction of sp³-hybridized carbons (Fsp3) is 0.250. The molecule has 0 radical (unpaired) electrons. The lowest BCUT2D eigenvalue weighted by molar-refractivity contribution is 0.434. The molecule has 1 aliphatic carbocycles. The second-order valence-corrected chi connectivity index (χ2v) is 7.25. The Morgan fingerprint density at radius 2 is 1.88 bits per heavy atom. The van der Waals surface area contributed by atoms with Gasteiger partial charge in [-0.15, -0.1) is 0 Å². The zero-order valence-electron chi connectivity index (χ0n) is 13.5. The van der Waals surface area contributed by atoms with Crippen LogP contribution in [0.4, 0.5) is 0 Å². The molecule has 3 nitrogen and oxygen atoms in total. The van der Waals surface area contributed by atoms with Gasteiger partial charge in [0.25, 0.3) is 0 Å². The topological polar surface area (TPSA) is 46.3 Å². The van der Waals surface area contributed by atoms with Crippen molar-refractivity contribution in [2.24, 2.45) is 0 Å². The van der Waals surface area contributed by atoms with E-state index in [1.165, 1.54) is 18.4 Å². The Morgan fingerprint density at radius 1 is 1.12 bits per heavy atom. The third-order valence-electron chi connectivity index (χ3n) is 4.71. The predicted octanol–water partition coefficient (Wildman–Crippen LogP) is 5.11. The van der Waals surface area contributed by atoms with E-state index in [9.17, 15) is 5.11 Å². The van der Waals surface area contributed by atoms with Gasteiger partial charge in [-0.1, -0.05) is 29.4 Å². The summed E-state index contributed by atoms with van der Waals surface area (Å²) in [7, 11) is 0. The van der Waals surface area contributed by atoms with E-state index in [-0.39, 0.29) is 5.75 Å². The molecule has 0 spiro atoms. The van der Waals surface area contributed by atoms with Crippen LogP contribution in [-0.2, 0) is 5.41 Å². The number of aromatic hydroxyl groups is 1. The van der Waals surface area contributed by atoms with Gasteiger partial charge in [-0.2, -0.15) is 11.8 Å². The molecule has 0 amide bonds. The third kappa shape index (κ3) is 2.71. The van der Waals surface area contributed by atoms with Crippen LogP contribution in [0.1, 0.15) is 18.4 Å². The van der Waals surface area contributed by atoms with Gasteiger partial charge in [0, 0.05) is 28.4 Å². The number of hydrogen-bond acceptors (Lipinski definition) is 4. The van der Waals surface area contributed by atoms with Crippen molar-refractivity contribution in [3.63, 3.8) is 0 Å². The first-order valence-electron chi connectivity index (χ1n) is 8.07. The number of hydrogen-bond donors (Lipinski definition) is 1. The van der Waals surface area contributed by atoms with Crippen molar-refractivity contribution in [2.45, 2.75) is 18.3 Å². The van der Waals surface area contributed by atoms with Crippen molar-refractivity contribution >= 4 is 11.8 Å². The number of phenolic OH excluding ortho intramolecular Hbond substituents is 1. The number of thioether (sulfide) groups is 1. The molecule has 0 aliphatic heterocycles. The Balaban J connectivity index is 1.72. The first kappa shape index (κ1) is 15.3. The van der Waals surface area contributed by atoms with E-state index in [0.29, 0.717) is 5.41 Å². The molecule has 1 aliphatic rings. The summed E-state index contributed by atoms with van der Waals surface area (Å²) in [6.07, 6.45) is 4.65. The van der Waals surface area contributed by atoms with E-state index >= 15 is 0 Å². The Bertz CT molecular complexity index is 850. The van der Waals surface area contributed by atoms with Crippen LogP contribution in [0.2, 0.25) is 0 Å². The van der Waals surface area contributed by atoms with Crippen LogP contribution in [0.25, 0.3) is 22.6 Å². The summed E-state index contributed by atoms with van der Waals surface area (Å²) < 4.78 is 5.66. The fourth-order valence-electron chi connectivity index (χ4n) is 3.25. The van der Waals surface area contributed by atoms with E-state index < -0.39 is 0 Å². The lowest BCUT2D eigenvalue weighted by Crippen LogP contribution is -2.11. The second-order valence-electron chi connectivity index (χ2n) is 6.38. The maximum Gasteiger partial charge on any atom is 0.167 e. The number of aromatic nitrogens is 1. The van der Waals surface area contributed by atoms with E-state index in [2.05, 4.69) is 35.7 Å².